The van der Waals surface area contributed by atoms with Gasteiger partial charge in [0.2, 0.25) is 0 Å². The summed E-state index contributed by atoms with van der Waals surface area (Å²) in [4.78, 5) is 18.3. The van der Waals surface area contributed by atoms with Gasteiger partial charge in [-0.25, -0.2) is 0 Å². The number of nitrogens with zero attached hydrogens (tertiary/aromatic N) is 2. The van der Waals surface area contributed by atoms with E-state index in [2.05, 4.69) is 18.0 Å². The largest absolute Gasteiger partial charge is 0.292 e. The van der Waals surface area contributed by atoms with E-state index in [9.17, 15) is 4.79 Å². The van der Waals surface area contributed by atoms with Gasteiger partial charge in [0.25, 0.3) is 5.91 Å². The lowest BCUT2D eigenvalue weighted by atomic mass is 9.96. The second-order valence-corrected chi connectivity index (χ2v) is 7.16. The molecule has 0 saturated heterocycles. The van der Waals surface area contributed by atoms with Crippen LogP contribution in [0.15, 0.2) is 35.5 Å². The average Bonchev–Trinajstić information content (AvgIpc) is 2.69. The Morgan fingerprint density at radius 3 is 2.45 bits per heavy atom. The van der Waals surface area contributed by atoms with Crippen molar-refractivity contribution in [3.63, 3.8) is 0 Å². The first-order valence-corrected chi connectivity index (χ1v) is 7.45. The maximum absolute atomic E-state index is 12.1. The quantitative estimate of drug-likeness (QED) is 0.789. The first-order valence-electron chi connectivity index (χ1n) is 6.63. The van der Waals surface area contributed by atoms with Gasteiger partial charge in [0.1, 0.15) is 0 Å². The standard InChI is InChI=1S/C16H20N2OS/c1-11-8-6-7-9-13(11)18-10-12(2)20-15(18)17-14(19)16(3,4)5/h6-10H,1-5H3. The van der Waals surface area contributed by atoms with Crippen LogP contribution in [0.25, 0.3) is 5.69 Å². The highest BCUT2D eigenvalue weighted by Gasteiger charge is 2.21. The number of aromatic nitrogens is 1. The van der Waals surface area contributed by atoms with E-state index in [4.69, 9.17) is 0 Å². The predicted octanol–water partition coefficient (Wildman–Crippen LogP) is 3.63. The monoisotopic (exact) mass is 288 g/mol. The number of para-hydroxylation sites is 1. The minimum atomic E-state index is -0.457. The highest BCUT2D eigenvalue weighted by atomic mass is 32.1. The summed E-state index contributed by atoms with van der Waals surface area (Å²) in [6.07, 6.45) is 2.03. The van der Waals surface area contributed by atoms with Crippen molar-refractivity contribution in [1.29, 1.82) is 0 Å². The van der Waals surface area contributed by atoms with Gasteiger partial charge in [0, 0.05) is 16.5 Å². The lowest BCUT2D eigenvalue weighted by Gasteiger charge is -2.12. The molecule has 0 atom stereocenters. The summed E-state index contributed by atoms with van der Waals surface area (Å²) in [6, 6.07) is 8.11. The second-order valence-electron chi connectivity index (χ2n) is 5.95. The van der Waals surface area contributed by atoms with E-state index in [1.54, 1.807) is 0 Å². The molecule has 2 rings (SSSR count). The molecule has 3 nitrogen and oxygen atoms in total. The average molecular weight is 288 g/mol. The van der Waals surface area contributed by atoms with Crippen LogP contribution in [0.5, 0.6) is 0 Å². The summed E-state index contributed by atoms with van der Waals surface area (Å²) in [7, 11) is 0. The molecule has 1 aromatic heterocycles. The summed E-state index contributed by atoms with van der Waals surface area (Å²) in [5, 5.41) is 0. The molecule has 0 unspecified atom stereocenters. The van der Waals surface area contributed by atoms with Gasteiger partial charge in [-0.15, -0.1) is 11.3 Å². The van der Waals surface area contributed by atoms with Crippen LogP contribution in [-0.2, 0) is 4.79 Å². The van der Waals surface area contributed by atoms with E-state index < -0.39 is 5.41 Å². The Morgan fingerprint density at radius 1 is 1.20 bits per heavy atom. The number of hydrogen-bond donors (Lipinski definition) is 0. The van der Waals surface area contributed by atoms with Gasteiger partial charge in [-0.05, 0) is 25.5 Å². The Morgan fingerprint density at radius 2 is 1.85 bits per heavy atom. The van der Waals surface area contributed by atoms with Gasteiger partial charge < -0.3 is 0 Å². The molecule has 20 heavy (non-hydrogen) atoms. The number of benzene rings is 1. The summed E-state index contributed by atoms with van der Waals surface area (Å²) >= 11 is 1.54. The maximum atomic E-state index is 12.1. The van der Waals surface area contributed by atoms with Gasteiger partial charge >= 0.3 is 0 Å². The van der Waals surface area contributed by atoms with Crippen molar-refractivity contribution in [3.8, 4) is 5.69 Å². The van der Waals surface area contributed by atoms with Gasteiger partial charge in [0.05, 0.1) is 5.69 Å². The van der Waals surface area contributed by atoms with Crippen molar-refractivity contribution in [3.05, 3.63) is 45.7 Å². The van der Waals surface area contributed by atoms with Gasteiger partial charge in [-0.3, -0.25) is 9.36 Å². The molecule has 0 N–H and O–H groups in total. The zero-order valence-corrected chi connectivity index (χ0v) is 13.4. The summed E-state index contributed by atoms with van der Waals surface area (Å²) in [5.41, 5.74) is 1.77. The number of amides is 1. The Labute approximate surface area is 123 Å². The summed E-state index contributed by atoms with van der Waals surface area (Å²) in [6.45, 7) is 9.75. The summed E-state index contributed by atoms with van der Waals surface area (Å²) in [5.74, 6) is -0.0957. The third-order valence-corrected chi connectivity index (χ3v) is 3.88. The smallest absolute Gasteiger partial charge is 0.253 e. The van der Waals surface area contributed by atoms with E-state index in [0.717, 1.165) is 20.9 Å². The number of rotatable bonds is 1. The van der Waals surface area contributed by atoms with Crippen molar-refractivity contribution in [1.82, 2.24) is 4.57 Å². The molecule has 0 aliphatic carbocycles. The van der Waals surface area contributed by atoms with Crippen LogP contribution >= 0.6 is 11.3 Å². The van der Waals surface area contributed by atoms with Crippen molar-refractivity contribution in [2.45, 2.75) is 34.6 Å². The topological polar surface area (TPSA) is 34.4 Å². The fraction of sp³-hybridized carbons (Fsp3) is 0.375. The number of aryl methyl sites for hydroxylation is 2. The second kappa shape index (κ2) is 5.37. The molecular weight excluding hydrogens is 268 g/mol. The fourth-order valence-corrected chi connectivity index (χ4v) is 2.62. The van der Waals surface area contributed by atoms with Crippen LogP contribution in [0, 0.1) is 19.3 Å². The molecule has 2 aromatic rings. The molecule has 1 aromatic carbocycles. The molecule has 0 fully saturated rings. The fourth-order valence-electron chi connectivity index (χ4n) is 1.79. The lowest BCUT2D eigenvalue weighted by molar-refractivity contribution is -0.125. The Hall–Kier alpha value is -1.68. The zero-order valence-electron chi connectivity index (χ0n) is 12.6. The van der Waals surface area contributed by atoms with Crippen LogP contribution in [-0.4, -0.2) is 10.5 Å². The number of carbonyl (C=O) groups is 1. The summed E-state index contributed by atoms with van der Waals surface area (Å²) < 4.78 is 2.00. The number of hydrogen-bond acceptors (Lipinski definition) is 2. The van der Waals surface area contributed by atoms with Crippen LogP contribution in [0.3, 0.4) is 0 Å². The van der Waals surface area contributed by atoms with Crippen molar-refractivity contribution in [2.75, 3.05) is 0 Å². The van der Waals surface area contributed by atoms with E-state index in [1.807, 2.05) is 56.7 Å². The predicted molar refractivity (Wildman–Crippen MR) is 83.1 cm³/mol. The normalized spacial score (nSPS) is 12.8. The van der Waals surface area contributed by atoms with Crippen LogP contribution in [0.1, 0.15) is 31.2 Å². The highest BCUT2D eigenvalue weighted by molar-refractivity contribution is 7.09. The van der Waals surface area contributed by atoms with E-state index in [0.29, 0.717) is 0 Å². The third kappa shape index (κ3) is 3.07. The Kier molecular flexibility index (Phi) is 3.95. The maximum Gasteiger partial charge on any atom is 0.253 e. The Bertz CT molecular complexity index is 702. The minimum absolute atomic E-state index is 0.0957. The van der Waals surface area contributed by atoms with E-state index >= 15 is 0 Å². The number of carbonyl (C=O) groups excluding carboxylic acids is 1. The molecule has 1 amide bonds. The zero-order chi connectivity index (χ0) is 14.9. The molecular formula is C16H20N2OS. The van der Waals surface area contributed by atoms with Crippen LogP contribution < -0.4 is 4.80 Å². The highest BCUT2D eigenvalue weighted by Crippen LogP contribution is 2.17. The molecule has 4 heteroatoms. The van der Waals surface area contributed by atoms with Crippen LogP contribution in [0.2, 0.25) is 0 Å². The molecule has 0 aliphatic heterocycles. The van der Waals surface area contributed by atoms with Crippen LogP contribution in [0.4, 0.5) is 0 Å². The van der Waals surface area contributed by atoms with Gasteiger partial charge in [0.15, 0.2) is 4.80 Å². The molecule has 0 spiro atoms. The molecule has 0 aliphatic rings. The van der Waals surface area contributed by atoms with Gasteiger partial charge in [-0.2, -0.15) is 4.99 Å². The third-order valence-electron chi connectivity index (χ3n) is 2.98. The Balaban J connectivity index is 2.61. The minimum Gasteiger partial charge on any atom is -0.292 e. The first-order chi connectivity index (χ1) is 9.29. The first kappa shape index (κ1) is 14.7. The lowest BCUT2D eigenvalue weighted by Crippen LogP contribution is -2.23. The van der Waals surface area contributed by atoms with Gasteiger partial charge in [-0.1, -0.05) is 39.0 Å². The molecule has 0 saturated carbocycles. The molecule has 0 bridgehead atoms. The van der Waals surface area contributed by atoms with E-state index in [1.165, 1.54) is 11.3 Å². The van der Waals surface area contributed by atoms with Crippen molar-refractivity contribution < 1.29 is 4.79 Å². The number of thiazole rings is 1. The SMILES string of the molecule is Cc1cn(-c2ccccc2C)c(=NC(=O)C(C)(C)C)s1. The van der Waals surface area contributed by atoms with E-state index in [-0.39, 0.29) is 5.91 Å². The van der Waals surface area contributed by atoms with Crippen molar-refractivity contribution in [2.24, 2.45) is 10.4 Å². The molecule has 0 radical (unpaired) electrons. The molecule has 1 heterocycles. The van der Waals surface area contributed by atoms with Crippen molar-refractivity contribution >= 4 is 17.2 Å². The molecule has 106 valence electrons.